The van der Waals surface area contributed by atoms with E-state index in [1.807, 2.05) is 136 Å². The summed E-state index contributed by atoms with van der Waals surface area (Å²) in [6.45, 7) is 26.1. The summed E-state index contributed by atoms with van der Waals surface area (Å²) in [5.74, 6) is 0. The number of allylic oxidation sites excluding steroid dienone is 20. The highest BCUT2D eigenvalue weighted by Gasteiger charge is 2.30. The van der Waals surface area contributed by atoms with E-state index in [0.717, 1.165) is 51.4 Å². The van der Waals surface area contributed by atoms with E-state index in [-0.39, 0.29) is 7.43 Å². The van der Waals surface area contributed by atoms with Crippen molar-refractivity contribution in [2.45, 2.75) is 180 Å². The summed E-state index contributed by atoms with van der Waals surface area (Å²) >= 11 is 23.0. The predicted molar refractivity (Wildman–Crippen MR) is 648 cm³/mol. The maximum atomic E-state index is 2.36. The summed E-state index contributed by atoms with van der Waals surface area (Å²) in [4.78, 5) is 29.4. The van der Waals surface area contributed by atoms with Crippen molar-refractivity contribution in [3.63, 3.8) is 0 Å². The molecule has 0 amide bonds. The number of rotatable bonds is 0. The van der Waals surface area contributed by atoms with Gasteiger partial charge in [0.25, 0.3) is 0 Å². The molecule has 0 saturated carbocycles. The Morgan fingerprint density at radius 1 is 0.224 bits per heavy atom. The van der Waals surface area contributed by atoms with Crippen LogP contribution in [-0.2, 0) is 64.2 Å². The van der Waals surface area contributed by atoms with Gasteiger partial charge < -0.3 is 0 Å². The molecular weight excluding hydrogens is 1960 g/mol. The quantitative estimate of drug-likeness (QED) is 0.142. The van der Waals surface area contributed by atoms with E-state index >= 15 is 0 Å². The summed E-state index contributed by atoms with van der Waals surface area (Å²) in [5, 5.41) is 8.20. The van der Waals surface area contributed by atoms with Gasteiger partial charge in [0.15, 0.2) is 0 Å². The molecule has 19 aromatic rings. The van der Waals surface area contributed by atoms with Gasteiger partial charge in [-0.2, -0.15) is 0 Å². The fourth-order valence-corrected chi connectivity index (χ4v) is 34.0. The first kappa shape index (κ1) is 98.2. The third-order valence-electron chi connectivity index (χ3n) is 27.9. The summed E-state index contributed by atoms with van der Waals surface area (Å²) in [6.07, 6.45) is 52.6. The average molecular weight is 2080 g/mol. The fraction of sp³-hybridized carbons (Fsp3) is 0.206. The van der Waals surface area contributed by atoms with Crippen molar-refractivity contribution < 1.29 is 0 Å². The Balaban J connectivity index is 0.0000000922. The predicted octanol–water partition coefficient (Wildman–Crippen LogP) is 41.6. The third kappa shape index (κ3) is 21.7. The van der Waals surface area contributed by atoms with Crippen LogP contribution < -0.4 is 0 Å². The maximum Gasteiger partial charge on any atom is 0.0383 e. The summed E-state index contributed by atoms with van der Waals surface area (Å²) in [6, 6.07) is 75.8. The lowest BCUT2D eigenvalue weighted by molar-refractivity contribution is 1.14. The van der Waals surface area contributed by atoms with Gasteiger partial charge in [-0.1, -0.05) is 195 Å². The van der Waals surface area contributed by atoms with E-state index in [0.29, 0.717) is 0 Å². The van der Waals surface area contributed by atoms with Crippen LogP contribution in [0.5, 0.6) is 0 Å². The van der Waals surface area contributed by atoms with Crippen molar-refractivity contribution >= 4 is 234 Å². The first-order valence-corrected chi connectivity index (χ1v) is 59.5. The smallest absolute Gasteiger partial charge is 0.0383 e. The Kier molecular flexibility index (Phi) is 29.5. The molecule has 33 rings (SSSR count). The molecule has 0 fully saturated rings. The van der Waals surface area contributed by atoms with Crippen molar-refractivity contribution in [1.82, 2.24) is 0 Å². The summed E-state index contributed by atoms with van der Waals surface area (Å²) in [5.41, 5.74) is 36.3. The lowest BCUT2D eigenvalue weighted by Crippen LogP contribution is -1.79. The number of fused-ring (bicyclic) bond motifs is 25. The number of hydrogen-bond acceptors (Lipinski definition) is 12. The molecule has 0 radical (unpaired) electrons. The van der Waals surface area contributed by atoms with Gasteiger partial charge in [0.05, 0.1) is 0 Å². The van der Waals surface area contributed by atoms with E-state index < -0.39 is 0 Å². The Hall–Kier alpha value is -10.9. The molecule has 0 N–H and O–H groups in total. The number of aryl methyl sites for hydroxylation is 12. The van der Waals surface area contributed by atoms with E-state index in [1.54, 1.807) is 58.5 Å². The van der Waals surface area contributed by atoms with Crippen molar-refractivity contribution in [2.75, 3.05) is 0 Å². The highest BCUT2D eigenvalue weighted by atomic mass is 32.1. The van der Waals surface area contributed by atoms with Gasteiger partial charge in [-0.05, 0) is 429 Å². The van der Waals surface area contributed by atoms with Gasteiger partial charge in [0.2, 0.25) is 0 Å². The zero-order chi connectivity index (χ0) is 96.9. The molecular formula is C131H118S12. The van der Waals surface area contributed by atoms with Crippen LogP contribution in [0.3, 0.4) is 0 Å². The van der Waals surface area contributed by atoms with Crippen LogP contribution in [0.15, 0.2) is 301 Å². The van der Waals surface area contributed by atoms with Crippen molar-refractivity contribution in [1.29, 1.82) is 0 Å². The minimum Gasteiger partial charge on any atom is -0.145 e. The first-order chi connectivity index (χ1) is 69.1. The second-order valence-corrected chi connectivity index (χ2v) is 54.4. The largest absolute Gasteiger partial charge is 0.145 e. The number of hydrogen-bond donors (Lipinski definition) is 0. The van der Waals surface area contributed by atoms with Crippen LogP contribution in [0.2, 0.25) is 0 Å². The zero-order valence-corrected chi connectivity index (χ0v) is 92.5. The summed E-state index contributed by atoms with van der Waals surface area (Å²) < 4.78 is 5.63. The molecule has 7 aromatic carbocycles. The Labute approximate surface area is 893 Å². The molecule has 0 spiro atoms. The SMILES string of the molecule is C.Cc1cc2c(s1)-c1ccccc1C2.Cc1cc2c(s1)C1=C(C=CC1)C2.Cc1cc2c(s1)C1=CCC=C1C2.Cc1cc2c(s1)C=CC2.Cc1cc2c(s1)CC1=C2C=CC1.Cc1cc2c(s1)CC1=CCC=C12.Cc1cc2c(s1)CC=C2.Cc1cc2c(s1)Cc1ccccc1-2.Cc1cc2cc3c(cc2s1)C=CC3.Cc1cc2cc3c(cc2s1)CC=C3.Cc1cc2cc3ccccc3cc2s1.Cc1cc2ccccc2s1. The zero-order valence-electron chi connectivity index (χ0n) is 82.7. The highest BCUT2D eigenvalue weighted by Crippen LogP contribution is 2.50. The van der Waals surface area contributed by atoms with Gasteiger partial charge >= 0.3 is 0 Å². The van der Waals surface area contributed by atoms with Crippen molar-refractivity contribution in [3.05, 3.63) is 466 Å². The van der Waals surface area contributed by atoms with Crippen LogP contribution >= 0.6 is 136 Å². The lowest BCUT2D eigenvalue weighted by Gasteiger charge is -1.97. The lowest BCUT2D eigenvalue weighted by atomic mass is 10.1. The molecule has 714 valence electrons. The summed E-state index contributed by atoms with van der Waals surface area (Å²) in [7, 11) is 0. The standard InChI is InChI=1S/C13H10S.4C12H10S.4C11H10S.C9H8S.2C8H8S.CH4/c1-9-6-12-7-10-4-2-3-5-11(10)8-13(12)14-9;2*1-8-5-11-6-9-3-2-4-10(9)7-12(11)13-8;1-8-6-10-7-9-4-2-3-5-11(9)12(10)13-8;1-8-6-11-10-5-3-2-4-9(10)7-12(11)13-8;2*1-7-5-9-6-8-3-2-4-10(8)11(9)12-7;2*1-7-5-10-9-4-2-3-8(9)6-11(10)12-7;1-7-6-8-4-2-3-5-9(8)10-7;2*1-6-5-7-3-2-4-8(7)9-6;/h2-8H,1H3;2,4-7H,3H2,1H3;2-3,5-7H,4H2,1H3;2*2-6H,7H2,1H3;3-5H,2,6H2,1H3;2-3,5H,4,6H2,1H3;3-5H,2,6H2,1H3;2,4-5H,3,6H2,1H3;2-6H,1H3;2,4-5H,3H2,1H3;2-3,5H,4H2,1H3;1H4. The minimum absolute atomic E-state index is 0. The Morgan fingerprint density at radius 2 is 0.692 bits per heavy atom. The van der Waals surface area contributed by atoms with E-state index in [2.05, 4.69) is 387 Å². The molecule has 0 nitrogen and oxygen atoms in total. The normalized spacial score (nSPS) is 14.8. The second-order valence-electron chi connectivity index (χ2n) is 38.8. The molecule has 12 heterocycles. The van der Waals surface area contributed by atoms with Gasteiger partial charge in [0.1, 0.15) is 0 Å². The molecule has 143 heavy (non-hydrogen) atoms. The van der Waals surface area contributed by atoms with Gasteiger partial charge in [0, 0.05) is 142 Å². The monoisotopic (exact) mass is 2070 g/mol. The fourth-order valence-electron chi connectivity index (χ4n) is 21.7. The van der Waals surface area contributed by atoms with E-state index in [9.17, 15) is 0 Å². The van der Waals surface area contributed by atoms with Crippen molar-refractivity contribution in [2.24, 2.45) is 0 Å². The third-order valence-corrected chi connectivity index (χ3v) is 40.6. The van der Waals surface area contributed by atoms with Crippen molar-refractivity contribution in [3.8, 4) is 21.6 Å². The second kappa shape index (κ2) is 43.0. The number of benzene rings is 7. The maximum absolute atomic E-state index is 2.36. The van der Waals surface area contributed by atoms with Crippen LogP contribution in [0.1, 0.15) is 198 Å². The molecule has 0 bridgehead atoms. The molecule has 0 saturated heterocycles. The van der Waals surface area contributed by atoms with Crippen LogP contribution in [0.25, 0.3) is 119 Å². The van der Waals surface area contributed by atoms with Gasteiger partial charge in [-0.3, -0.25) is 0 Å². The molecule has 0 unspecified atom stereocenters. The molecule has 14 aliphatic carbocycles. The molecule has 12 aromatic heterocycles. The highest BCUT2D eigenvalue weighted by molar-refractivity contribution is 7.20. The van der Waals surface area contributed by atoms with Gasteiger partial charge in [-0.15, -0.1) is 136 Å². The first-order valence-electron chi connectivity index (χ1n) is 49.7. The van der Waals surface area contributed by atoms with E-state index in [1.165, 1.54) is 262 Å². The molecule has 0 atom stereocenters. The van der Waals surface area contributed by atoms with Gasteiger partial charge in [-0.25, -0.2) is 0 Å². The molecule has 12 heteroatoms. The van der Waals surface area contributed by atoms with Crippen LogP contribution in [0, 0.1) is 83.1 Å². The molecule has 0 aliphatic heterocycles. The minimum atomic E-state index is 0. The van der Waals surface area contributed by atoms with Crippen LogP contribution in [-0.4, -0.2) is 0 Å². The topological polar surface area (TPSA) is 0 Å². The van der Waals surface area contributed by atoms with E-state index in [4.69, 9.17) is 0 Å². The number of thiophene rings is 12. The molecule has 14 aliphatic rings. The average Bonchev–Trinajstić information content (AvgIpc) is 1.62. The Morgan fingerprint density at radius 3 is 1.40 bits per heavy atom. The van der Waals surface area contributed by atoms with Crippen LogP contribution in [0.4, 0.5) is 0 Å². The Bertz CT molecular complexity index is 8120.